The molecule has 2 unspecified atom stereocenters. The summed E-state index contributed by atoms with van der Waals surface area (Å²) in [4.78, 5) is 0. The second-order valence-corrected chi connectivity index (χ2v) is 4.71. The second kappa shape index (κ2) is 5.53. The molecule has 2 atom stereocenters. The lowest BCUT2D eigenvalue weighted by molar-refractivity contribution is 0.185. The highest BCUT2D eigenvalue weighted by molar-refractivity contribution is 4.92. The van der Waals surface area contributed by atoms with Crippen LogP contribution in [0, 0.1) is 17.8 Å². The van der Waals surface area contributed by atoms with Crippen LogP contribution in [-0.4, -0.2) is 0 Å². The smallest absolute Gasteiger partial charge is 0.0958 e. The zero-order valence-corrected chi connectivity index (χ0v) is 9.56. The standard InChI is InChI=1S/C13H23F/c1-4-13(10(2)11(3)14)12-8-6-5-7-9-12/h10,12-13H,3-9H2,1-2H3. The fourth-order valence-electron chi connectivity index (χ4n) is 2.89. The molecule has 82 valence electrons. The van der Waals surface area contributed by atoms with Crippen molar-refractivity contribution in [3.8, 4) is 0 Å². The molecule has 1 heteroatoms. The molecule has 0 bridgehead atoms. The number of hydrogen-bond donors (Lipinski definition) is 0. The summed E-state index contributed by atoms with van der Waals surface area (Å²) < 4.78 is 13.1. The van der Waals surface area contributed by atoms with Crippen LogP contribution in [0.3, 0.4) is 0 Å². The highest BCUT2D eigenvalue weighted by Crippen LogP contribution is 2.38. The lowest BCUT2D eigenvalue weighted by Gasteiger charge is -2.33. The van der Waals surface area contributed by atoms with Gasteiger partial charge in [-0.25, -0.2) is 4.39 Å². The first-order valence-electron chi connectivity index (χ1n) is 6.01. The van der Waals surface area contributed by atoms with E-state index in [9.17, 15) is 4.39 Å². The Morgan fingerprint density at radius 1 is 1.36 bits per heavy atom. The van der Waals surface area contributed by atoms with Crippen molar-refractivity contribution in [2.75, 3.05) is 0 Å². The van der Waals surface area contributed by atoms with Crippen molar-refractivity contribution >= 4 is 0 Å². The lowest BCUT2D eigenvalue weighted by atomic mass is 9.73. The number of allylic oxidation sites excluding steroid dienone is 1. The summed E-state index contributed by atoms with van der Waals surface area (Å²) in [5.74, 6) is 1.20. The Labute approximate surface area is 87.6 Å². The van der Waals surface area contributed by atoms with Gasteiger partial charge in [0.25, 0.3) is 0 Å². The summed E-state index contributed by atoms with van der Waals surface area (Å²) in [5.41, 5.74) is 0. The van der Waals surface area contributed by atoms with E-state index in [-0.39, 0.29) is 11.7 Å². The molecule has 1 fully saturated rings. The molecule has 1 saturated carbocycles. The second-order valence-electron chi connectivity index (χ2n) is 4.71. The van der Waals surface area contributed by atoms with Crippen LogP contribution >= 0.6 is 0 Å². The lowest BCUT2D eigenvalue weighted by Crippen LogP contribution is -2.23. The highest BCUT2D eigenvalue weighted by Gasteiger charge is 2.28. The zero-order valence-electron chi connectivity index (χ0n) is 9.56. The molecule has 0 aromatic heterocycles. The number of hydrogen-bond acceptors (Lipinski definition) is 0. The average molecular weight is 198 g/mol. The maximum Gasteiger partial charge on any atom is 0.0958 e. The highest BCUT2D eigenvalue weighted by atomic mass is 19.1. The molecule has 0 saturated heterocycles. The van der Waals surface area contributed by atoms with E-state index in [0.717, 1.165) is 12.3 Å². The Bertz CT molecular complexity index is 180. The Morgan fingerprint density at radius 3 is 2.36 bits per heavy atom. The molecule has 14 heavy (non-hydrogen) atoms. The molecule has 0 aromatic rings. The van der Waals surface area contributed by atoms with Gasteiger partial charge in [0.15, 0.2) is 0 Å². The maximum atomic E-state index is 13.1. The van der Waals surface area contributed by atoms with Crippen molar-refractivity contribution in [2.45, 2.75) is 52.4 Å². The first-order chi connectivity index (χ1) is 6.66. The zero-order chi connectivity index (χ0) is 10.6. The van der Waals surface area contributed by atoms with Gasteiger partial charge < -0.3 is 0 Å². The van der Waals surface area contributed by atoms with Gasteiger partial charge in [-0.2, -0.15) is 0 Å². The van der Waals surface area contributed by atoms with Gasteiger partial charge >= 0.3 is 0 Å². The van der Waals surface area contributed by atoms with E-state index in [2.05, 4.69) is 13.5 Å². The van der Waals surface area contributed by atoms with E-state index >= 15 is 0 Å². The molecule has 0 aliphatic heterocycles. The Kier molecular flexibility index (Phi) is 4.64. The van der Waals surface area contributed by atoms with E-state index in [4.69, 9.17) is 0 Å². The molecule has 1 rings (SSSR count). The summed E-state index contributed by atoms with van der Waals surface area (Å²) in [6.07, 6.45) is 7.75. The quantitative estimate of drug-likeness (QED) is 0.613. The van der Waals surface area contributed by atoms with Crippen LogP contribution in [-0.2, 0) is 0 Å². The Balaban J connectivity index is 2.55. The molecule has 0 nitrogen and oxygen atoms in total. The van der Waals surface area contributed by atoms with Crippen LogP contribution in [0.4, 0.5) is 4.39 Å². The van der Waals surface area contributed by atoms with Crippen LogP contribution in [0.1, 0.15) is 52.4 Å². The average Bonchev–Trinajstić information content (AvgIpc) is 2.20. The van der Waals surface area contributed by atoms with Crippen LogP contribution in [0.15, 0.2) is 12.4 Å². The van der Waals surface area contributed by atoms with Crippen molar-refractivity contribution in [3.63, 3.8) is 0 Å². The van der Waals surface area contributed by atoms with Crippen molar-refractivity contribution in [2.24, 2.45) is 17.8 Å². The molecule has 0 aromatic carbocycles. The van der Waals surface area contributed by atoms with Gasteiger partial charge in [0.1, 0.15) is 0 Å². The molecular weight excluding hydrogens is 175 g/mol. The molecular formula is C13H23F. The van der Waals surface area contributed by atoms with Crippen LogP contribution in [0.5, 0.6) is 0 Å². The SMILES string of the molecule is C=C(F)C(C)C(CC)C1CCCCC1. The van der Waals surface area contributed by atoms with Gasteiger partial charge in [0.2, 0.25) is 0 Å². The molecule has 0 N–H and O–H groups in total. The van der Waals surface area contributed by atoms with Gasteiger partial charge in [-0.15, -0.1) is 0 Å². The predicted molar refractivity (Wildman–Crippen MR) is 59.8 cm³/mol. The van der Waals surface area contributed by atoms with E-state index in [1.54, 1.807) is 0 Å². The van der Waals surface area contributed by atoms with Crippen molar-refractivity contribution < 1.29 is 4.39 Å². The third-order valence-corrected chi connectivity index (χ3v) is 3.86. The Morgan fingerprint density at radius 2 is 1.93 bits per heavy atom. The van der Waals surface area contributed by atoms with Crippen molar-refractivity contribution in [1.29, 1.82) is 0 Å². The molecule has 0 radical (unpaired) electrons. The minimum Gasteiger partial charge on any atom is -0.212 e. The van der Waals surface area contributed by atoms with E-state index in [1.165, 1.54) is 32.1 Å². The van der Waals surface area contributed by atoms with Gasteiger partial charge in [0, 0.05) is 5.92 Å². The van der Waals surface area contributed by atoms with Crippen LogP contribution < -0.4 is 0 Å². The van der Waals surface area contributed by atoms with Gasteiger partial charge in [-0.3, -0.25) is 0 Å². The van der Waals surface area contributed by atoms with Crippen molar-refractivity contribution in [3.05, 3.63) is 12.4 Å². The Hall–Kier alpha value is -0.330. The van der Waals surface area contributed by atoms with Crippen LogP contribution in [0.25, 0.3) is 0 Å². The first-order valence-corrected chi connectivity index (χ1v) is 6.01. The van der Waals surface area contributed by atoms with E-state index in [0.29, 0.717) is 5.92 Å². The summed E-state index contributed by atoms with van der Waals surface area (Å²) in [5, 5.41) is 0. The molecule has 0 heterocycles. The summed E-state index contributed by atoms with van der Waals surface area (Å²) in [6.45, 7) is 7.62. The molecule has 1 aliphatic rings. The minimum absolute atomic E-state index is 0.0584. The third kappa shape index (κ3) is 2.83. The summed E-state index contributed by atoms with van der Waals surface area (Å²) >= 11 is 0. The topological polar surface area (TPSA) is 0 Å². The predicted octanol–water partition coefficient (Wildman–Crippen LogP) is 4.71. The fraction of sp³-hybridized carbons (Fsp3) is 0.846. The third-order valence-electron chi connectivity index (χ3n) is 3.86. The van der Waals surface area contributed by atoms with Crippen LogP contribution in [0.2, 0.25) is 0 Å². The van der Waals surface area contributed by atoms with Gasteiger partial charge in [0.05, 0.1) is 5.83 Å². The number of rotatable bonds is 4. The fourth-order valence-corrected chi connectivity index (χ4v) is 2.89. The normalized spacial score (nSPS) is 23.1. The molecule has 0 amide bonds. The van der Waals surface area contributed by atoms with E-state index < -0.39 is 0 Å². The minimum atomic E-state index is -0.123. The number of halogens is 1. The monoisotopic (exact) mass is 198 g/mol. The largest absolute Gasteiger partial charge is 0.212 e. The van der Waals surface area contributed by atoms with Gasteiger partial charge in [-0.05, 0) is 11.8 Å². The van der Waals surface area contributed by atoms with Crippen molar-refractivity contribution in [1.82, 2.24) is 0 Å². The van der Waals surface area contributed by atoms with Gasteiger partial charge in [-0.1, -0.05) is 59.0 Å². The first kappa shape index (κ1) is 11.7. The van der Waals surface area contributed by atoms with E-state index in [1.807, 2.05) is 6.92 Å². The summed E-state index contributed by atoms with van der Waals surface area (Å²) in [7, 11) is 0. The summed E-state index contributed by atoms with van der Waals surface area (Å²) in [6, 6.07) is 0. The molecule has 1 aliphatic carbocycles. The maximum absolute atomic E-state index is 13.1. The molecule has 0 spiro atoms.